The Morgan fingerprint density at radius 2 is 2.35 bits per heavy atom. The molecule has 1 aliphatic heterocycles. The van der Waals surface area contributed by atoms with Crippen LogP contribution >= 0.6 is 11.6 Å². The van der Waals surface area contributed by atoms with Crippen LogP contribution in [0, 0.1) is 11.7 Å². The molecule has 2 nitrogen and oxygen atoms in total. The number of rotatable bonds is 4. The molecule has 1 atom stereocenters. The van der Waals surface area contributed by atoms with Crippen LogP contribution in [0.4, 0.5) is 4.39 Å². The van der Waals surface area contributed by atoms with Crippen LogP contribution in [-0.2, 0) is 11.3 Å². The maximum Gasteiger partial charge on any atom is 0.130 e. The first kappa shape index (κ1) is 12.8. The smallest absolute Gasteiger partial charge is 0.130 e. The molecule has 4 heteroatoms. The molecule has 1 unspecified atom stereocenters. The molecule has 0 aliphatic carbocycles. The maximum atomic E-state index is 13.4. The van der Waals surface area contributed by atoms with E-state index in [1.54, 1.807) is 12.1 Å². The van der Waals surface area contributed by atoms with Crippen molar-refractivity contribution in [3.63, 3.8) is 0 Å². The Bertz CT molecular complexity index is 366. The highest BCUT2D eigenvalue weighted by Gasteiger charge is 2.13. The number of nitrogens with one attached hydrogen (secondary N) is 1. The van der Waals surface area contributed by atoms with E-state index in [1.165, 1.54) is 18.9 Å². The van der Waals surface area contributed by atoms with Crippen LogP contribution in [0.2, 0.25) is 5.02 Å². The van der Waals surface area contributed by atoms with Gasteiger partial charge in [-0.1, -0.05) is 17.7 Å². The van der Waals surface area contributed by atoms with Gasteiger partial charge in [-0.2, -0.15) is 0 Å². The van der Waals surface area contributed by atoms with Gasteiger partial charge >= 0.3 is 0 Å². The van der Waals surface area contributed by atoms with Gasteiger partial charge < -0.3 is 10.1 Å². The number of benzene rings is 1. The van der Waals surface area contributed by atoms with Crippen LogP contribution in [0.3, 0.4) is 0 Å². The molecule has 0 saturated carbocycles. The van der Waals surface area contributed by atoms with Gasteiger partial charge in [-0.3, -0.25) is 0 Å². The molecule has 0 aromatic heterocycles. The Morgan fingerprint density at radius 1 is 1.47 bits per heavy atom. The predicted molar refractivity (Wildman–Crippen MR) is 66.7 cm³/mol. The van der Waals surface area contributed by atoms with Crippen molar-refractivity contribution in [3.05, 3.63) is 34.6 Å². The zero-order chi connectivity index (χ0) is 12.1. The first-order valence-electron chi connectivity index (χ1n) is 5.98. The highest BCUT2D eigenvalue weighted by Crippen LogP contribution is 2.16. The quantitative estimate of drug-likeness (QED) is 0.895. The van der Waals surface area contributed by atoms with Gasteiger partial charge in [0.25, 0.3) is 0 Å². The molecule has 0 amide bonds. The van der Waals surface area contributed by atoms with Gasteiger partial charge in [0.2, 0.25) is 0 Å². The van der Waals surface area contributed by atoms with E-state index < -0.39 is 0 Å². The average molecular weight is 258 g/mol. The summed E-state index contributed by atoms with van der Waals surface area (Å²) >= 11 is 5.68. The molecule has 1 heterocycles. The van der Waals surface area contributed by atoms with Crippen molar-refractivity contribution in [1.29, 1.82) is 0 Å². The van der Waals surface area contributed by atoms with Crippen molar-refractivity contribution in [2.24, 2.45) is 5.92 Å². The fraction of sp³-hybridized carbons (Fsp3) is 0.538. The molecule has 2 rings (SSSR count). The lowest BCUT2D eigenvalue weighted by atomic mass is 10.0. The molecule has 1 fully saturated rings. The highest BCUT2D eigenvalue weighted by atomic mass is 35.5. The SMILES string of the molecule is Fc1cc(Cl)ccc1COCC1CCCNC1. The summed E-state index contributed by atoms with van der Waals surface area (Å²) < 4.78 is 19.0. The lowest BCUT2D eigenvalue weighted by Gasteiger charge is -2.22. The molecule has 0 spiro atoms. The molecule has 1 aromatic carbocycles. The van der Waals surface area contributed by atoms with Crippen molar-refractivity contribution < 1.29 is 9.13 Å². The summed E-state index contributed by atoms with van der Waals surface area (Å²) in [5, 5.41) is 3.75. The lowest BCUT2D eigenvalue weighted by Crippen LogP contribution is -2.32. The molecule has 1 N–H and O–H groups in total. The fourth-order valence-corrected chi connectivity index (χ4v) is 2.20. The molecule has 1 aromatic rings. The molecule has 94 valence electrons. The van der Waals surface area contributed by atoms with E-state index in [9.17, 15) is 4.39 Å². The van der Waals surface area contributed by atoms with Gasteiger partial charge in [-0.05, 0) is 37.4 Å². The second kappa shape index (κ2) is 6.34. The summed E-state index contributed by atoms with van der Waals surface area (Å²) in [7, 11) is 0. The minimum absolute atomic E-state index is 0.292. The Labute approximate surface area is 106 Å². The molecule has 1 saturated heterocycles. The first-order valence-corrected chi connectivity index (χ1v) is 6.36. The summed E-state index contributed by atoms with van der Waals surface area (Å²) in [4.78, 5) is 0. The van der Waals surface area contributed by atoms with Gasteiger partial charge in [0.1, 0.15) is 5.82 Å². The number of ether oxygens (including phenoxy) is 1. The Hall–Kier alpha value is -0.640. The maximum absolute atomic E-state index is 13.4. The number of piperidine rings is 1. The van der Waals surface area contributed by atoms with Crippen molar-refractivity contribution in [3.8, 4) is 0 Å². The van der Waals surface area contributed by atoms with Crippen molar-refractivity contribution in [2.75, 3.05) is 19.7 Å². The summed E-state index contributed by atoms with van der Waals surface area (Å²) in [6.07, 6.45) is 2.39. The summed E-state index contributed by atoms with van der Waals surface area (Å²) in [5.41, 5.74) is 0.568. The third-order valence-corrected chi connectivity index (χ3v) is 3.26. The zero-order valence-electron chi connectivity index (χ0n) is 9.72. The van der Waals surface area contributed by atoms with E-state index in [4.69, 9.17) is 16.3 Å². The van der Waals surface area contributed by atoms with Crippen LogP contribution in [0.15, 0.2) is 18.2 Å². The van der Waals surface area contributed by atoms with E-state index in [2.05, 4.69) is 5.32 Å². The van der Waals surface area contributed by atoms with E-state index in [-0.39, 0.29) is 5.82 Å². The fourth-order valence-electron chi connectivity index (χ4n) is 2.04. The van der Waals surface area contributed by atoms with Crippen molar-refractivity contribution in [1.82, 2.24) is 5.32 Å². The third kappa shape index (κ3) is 3.95. The molecular weight excluding hydrogens is 241 g/mol. The average Bonchev–Trinajstić information content (AvgIpc) is 2.33. The second-order valence-electron chi connectivity index (χ2n) is 4.46. The van der Waals surface area contributed by atoms with E-state index in [1.807, 2.05) is 0 Å². The van der Waals surface area contributed by atoms with Crippen LogP contribution in [0.5, 0.6) is 0 Å². The molecule has 0 bridgehead atoms. The van der Waals surface area contributed by atoms with Gasteiger partial charge in [0.05, 0.1) is 13.2 Å². The monoisotopic (exact) mass is 257 g/mol. The minimum Gasteiger partial charge on any atom is -0.376 e. The number of halogens is 2. The molecule has 17 heavy (non-hydrogen) atoms. The minimum atomic E-state index is -0.292. The van der Waals surface area contributed by atoms with Crippen LogP contribution in [0.1, 0.15) is 18.4 Å². The largest absolute Gasteiger partial charge is 0.376 e. The Balaban J connectivity index is 1.77. The molecular formula is C13H17ClFNO. The third-order valence-electron chi connectivity index (χ3n) is 3.03. The molecule has 1 aliphatic rings. The van der Waals surface area contributed by atoms with E-state index in [0.29, 0.717) is 29.7 Å². The Morgan fingerprint density at radius 3 is 3.06 bits per heavy atom. The Kier molecular flexibility index (Phi) is 4.77. The van der Waals surface area contributed by atoms with E-state index in [0.717, 1.165) is 13.1 Å². The first-order chi connectivity index (χ1) is 8.25. The normalized spacial score (nSPS) is 20.5. The molecule has 0 radical (unpaired) electrons. The standard InChI is InChI=1S/C13H17ClFNO/c14-12-4-3-11(13(15)6-12)9-17-8-10-2-1-5-16-7-10/h3-4,6,10,16H,1-2,5,7-9H2. The van der Waals surface area contributed by atoms with Crippen LogP contribution in [0.25, 0.3) is 0 Å². The summed E-state index contributed by atoms with van der Waals surface area (Å²) in [6, 6.07) is 4.69. The van der Waals surface area contributed by atoms with E-state index >= 15 is 0 Å². The van der Waals surface area contributed by atoms with Gasteiger partial charge in [0, 0.05) is 17.1 Å². The van der Waals surface area contributed by atoms with Crippen molar-refractivity contribution >= 4 is 11.6 Å². The zero-order valence-corrected chi connectivity index (χ0v) is 10.5. The van der Waals surface area contributed by atoms with Gasteiger partial charge in [0.15, 0.2) is 0 Å². The summed E-state index contributed by atoms with van der Waals surface area (Å²) in [5.74, 6) is 0.262. The predicted octanol–water partition coefficient (Wildman–Crippen LogP) is 3.00. The topological polar surface area (TPSA) is 21.3 Å². The van der Waals surface area contributed by atoms with Crippen molar-refractivity contribution in [2.45, 2.75) is 19.4 Å². The summed E-state index contributed by atoms with van der Waals surface area (Å²) in [6.45, 7) is 3.11. The van der Waals surface area contributed by atoms with Crippen LogP contribution in [-0.4, -0.2) is 19.7 Å². The highest BCUT2D eigenvalue weighted by molar-refractivity contribution is 6.30. The number of hydrogen-bond donors (Lipinski definition) is 1. The number of hydrogen-bond acceptors (Lipinski definition) is 2. The van der Waals surface area contributed by atoms with Crippen LogP contribution < -0.4 is 5.32 Å². The van der Waals surface area contributed by atoms with Gasteiger partial charge in [-0.25, -0.2) is 4.39 Å². The lowest BCUT2D eigenvalue weighted by molar-refractivity contribution is 0.0766. The second-order valence-corrected chi connectivity index (χ2v) is 4.90. The van der Waals surface area contributed by atoms with Gasteiger partial charge in [-0.15, -0.1) is 0 Å².